The number of pyridine rings is 1. The SMILES string of the molecule is O=C(O)c1ccc(C#Cc2ccc(F)cn2)cc1. The first kappa shape index (κ1) is 11.8. The van der Waals surface area contributed by atoms with Gasteiger partial charge in [-0.05, 0) is 42.3 Å². The number of nitrogens with zero attached hydrogens (tertiary/aromatic N) is 1. The first-order chi connectivity index (χ1) is 8.65. The van der Waals surface area contributed by atoms with Crippen molar-refractivity contribution in [2.24, 2.45) is 0 Å². The van der Waals surface area contributed by atoms with Crippen LogP contribution in [0.2, 0.25) is 0 Å². The number of hydrogen-bond acceptors (Lipinski definition) is 2. The zero-order chi connectivity index (χ0) is 13.0. The summed E-state index contributed by atoms with van der Waals surface area (Å²) < 4.78 is 12.6. The Labute approximate surface area is 103 Å². The van der Waals surface area contributed by atoms with Gasteiger partial charge in [0, 0.05) is 5.56 Å². The molecule has 18 heavy (non-hydrogen) atoms. The maximum atomic E-state index is 12.6. The number of halogens is 1. The summed E-state index contributed by atoms with van der Waals surface area (Å²) >= 11 is 0. The lowest BCUT2D eigenvalue weighted by Gasteiger charge is -1.93. The van der Waals surface area contributed by atoms with Crippen molar-refractivity contribution >= 4 is 5.97 Å². The third-order valence-electron chi connectivity index (χ3n) is 2.19. The minimum atomic E-state index is -0.977. The number of carboxylic acid groups (broad SMARTS) is 1. The van der Waals surface area contributed by atoms with Gasteiger partial charge in [-0.2, -0.15) is 0 Å². The minimum Gasteiger partial charge on any atom is -0.478 e. The Bertz CT molecular complexity index is 622. The van der Waals surface area contributed by atoms with Crippen LogP contribution in [0.25, 0.3) is 0 Å². The van der Waals surface area contributed by atoms with Crippen LogP contribution in [0, 0.1) is 17.7 Å². The van der Waals surface area contributed by atoms with Gasteiger partial charge in [-0.25, -0.2) is 14.2 Å². The van der Waals surface area contributed by atoms with Crippen molar-refractivity contribution in [2.75, 3.05) is 0 Å². The van der Waals surface area contributed by atoms with E-state index in [1.54, 1.807) is 12.1 Å². The third kappa shape index (κ3) is 2.92. The molecule has 2 aromatic rings. The number of benzene rings is 1. The van der Waals surface area contributed by atoms with E-state index in [9.17, 15) is 9.18 Å². The molecule has 4 heteroatoms. The molecule has 0 amide bonds. The molecule has 0 unspecified atom stereocenters. The number of aromatic carboxylic acids is 1. The average Bonchev–Trinajstić information content (AvgIpc) is 2.38. The van der Waals surface area contributed by atoms with Gasteiger partial charge in [0.15, 0.2) is 0 Å². The highest BCUT2D eigenvalue weighted by Gasteiger charge is 2.00. The zero-order valence-corrected chi connectivity index (χ0v) is 9.22. The summed E-state index contributed by atoms with van der Waals surface area (Å²) in [5.74, 6) is 4.19. The monoisotopic (exact) mass is 241 g/mol. The Kier molecular flexibility index (Phi) is 3.35. The quantitative estimate of drug-likeness (QED) is 0.779. The lowest BCUT2D eigenvalue weighted by molar-refractivity contribution is 0.0697. The molecule has 3 nitrogen and oxygen atoms in total. The molecule has 1 aromatic carbocycles. The standard InChI is InChI=1S/C14H8FNO2/c15-12-6-8-13(16-9-12)7-3-10-1-4-11(5-2-10)14(17)18/h1-2,4-6,8-9H,(H,17,18). The Morgan fingerprint density at radius 3 is 2.39 bits per heavy atom. The van der Waals surface area contributed by atoms with Gasteiger partial charge in [-0.15, -0.1) is 0 Å². The highest BCUT2D eigenvalue weighted by atomic mass is 19.1. The molecule has 0 aliphatic heterocycles. The molecule has 1 N–H and O–H groups in total. The summed E-state index contributed by atoms with van der Waals surface area (Å²) in [6, 6.07) is 8.94. The Morgan fingerprint density at radius 1 is 1.11 bits per heavy atom. The zero-order valence-electron chi connectivity index (χ0n) is 9.22. The maximum Gasteiger partial charge on any atom is 0.335 e. The smallest absolute Gasteiger partial charge is 0.335 e. The molecule has 1 heterocycles. The normalized spacial score (nSPS) is 9.39. The van der Waals surface area contributed by atoms with Crippen LogP contribution in [0.4, 0.5) is 4.39 Å². The van der Waals surface area contributed by atoms with Crippen LogP contribution in [-0.4, -0.2) is 16.1 Å². The summed E-state index contributed by atoms with van der Waals surface area (Å²) in [5, 5.41) is 8.73. The van der Waals surface area contributed by atoms with Gasteiger partial charge in [0.1, 0.15) is 11.5 Å². The number of aromatic nitrogens is 1. The van der Waals surface area contributed by atoms with Crippen molar-refractivity contribution in [1.82, 2.24) is 4.98 Å². The van der Waals surface area contributed by atoms with E-state index in [0.29, 0.717) is 11.3 Å². The van der Waals surface area contributed by atoms with Crippen LogP contribution < -0.4 is 0 Å². The fourth-order valence-electron chi connectivity index (χ4n) is 1.28. The van der Waals surface area contributed by atoms with Crippen LogP contribution in [0.15, 0.2) is 42.6 Å². The summed E-state index contributed by atoms with van der Waals surface area (Å²) in [5.41, 5.74) is 1.34. The molecule has 88 valence electrons. The third-order valence-corrected chi connectivity index (χ3v) is 2.19. The van der Waals surface area contributed by atoms with E-state index >= 15 is 0 Å². The van der Waals surface area contributed by atoms with Crippen LogP contribution in [-0.2, 0) is 0 Å². The molecule has 0 bridgehead atoms. The fraction of sp³-hybridized carbons (Fsp3) is 0. The molecular formula is C14H8FNO2. The van der Waals surface area contributed by atoms with E-state index in [-0.39, 0.29) is 5.56 Å². The van der Waals surface area contributed by atoms with Gasteiger partial charge in [0.05, 0.1) is 11.8 Å². The minimum absolute atomic E-state index is 0.209. The average molecular weight is 241 g/mol. The van der Waals surface area contributed by atoms with Crippen LogP contribution in [0.1, 0.15) is 21.6 Å². The van der Waals surface area contributed by atoms with Gasteiger partial charge in [0.2, 0.25) is 0 Å². The second-order valence-electron chi connectivity index (χ2n) is 3.49. The summed E-state index contributed by atoms with van der Waals surface area (Å²) in [6.07, 6.45) is 1.09. The highest BCUT2D eigenvalue weighted by Crippen LogP contribution is 2.03. The molecule has 0 spiro atoms. The predicted octanol–water partition coefficient (Wildman–Crippen LogP) is 2.32. The van der Waals surface area contributed by atoms with Crippen LogP contribution in [0.5, 0.6) is 0 Å². The molecule has 2 rings (SSSR count). The van der Waals surface area contributed by atoms with E-state index in [4.69, 9.17) is 5.11 Å². The van der Waals surface area contributed by atoms with Gasteiger partial charge in [0.25, 0.3) is 0 Å². The number of carbonyl (C=O) groups is 1. The largest absolute Gasteiger partial charge is 0.478 e. The molecule has 0 fully saturated rings. The fourth-order valence-corrected chi connectivity index (χ4v) is 1.28. The first-order valence-corrected chi connectivity index (χ1v) is 5.12. The maximum absolute atomic E-state index is 12.6. The second-order valence-corrected chi connectivity index (χ2v) is 3.49. The van der Waals surface area contributed by atoms with Gasteiger partial charge in [-0.1, -0.05) is 5.92 Å². The molecule has 0 aliphatic carbocycles. The van der Waals surface area contributed by atoms with Gasteiger partial charge >= 0.3 is 5.97 Å². The molecule has 1 aromatic heterocycles. The topological polar surface area (TPSA) is 50.2 Å². The van der Waals surface area contributed by atoms with Crippen molar-refractivity contribution in [2.45, 2.75) is 0 Å². The lowest BCUT2D eigenvalue weighted by Crippen LogP contribution is -1.94. The number of hydrogen-bond donors (Lipinski definition) is 1. The molecular weight excluding hydrogens is 233 g/mol. The molecule has 0 saturated heterocycles. The molecule has 0 radical (unpaired) electrons. The van der Waals surface area contributed by atoms with Crippen molar-refractivity contribution in [1.29, 1.82) is 0 Å². The Morgan fingerprint density at radius 2 is 1.83 bits per heavy atom. The molecule has 0 aliphatic rings. The van der Waals surface area contributed by atoms with E-state index in [1.807, 2.05) is 0 Å². The van der Waals surface area contributed by atoms with E-state index in [0.717, 1.165) is 6.20 Å². The summed E-state index contributed by atoms with van der Waals surface area (Å²) in [7, 11) is 0. The van der Waals surface area contributed by atoms with Crippen LogP contribution >= 0.6 is 0 Å². The van der Waals surface area contributed by atoms with Crippen molar-refractivity contribution in [3.8, 4) is 11.8 Å². The predicted molar refractivity (Wildman–Crippen MR) is 63.6 cm³/mol. The number of carboxylic acids is 1. The summed E-state index contributed by atoms with van der Waals surface area (Å²) in [4.78, 5) is 14.4. The van der Waals surface area contributed by atoms with Crippen molar-refractivity contribution in [3.63, 3.8) is 0 Å². The Hall–Kier alpha value is -2.67. The number of rotatable bonds is 1. The Balaban J connectivity index is 2.19. The first-order valence-electron chi connectivity index (χ1n) is 5.12. The van der Waals surface area contributed by atoms with E-state index in [1.165, 1.54) is 24.3 Å². The van der Waals surface area contributed by atoms with Gasteiger partial charge < -0.3 is 5.11 Å². The molecule has 0 saturated carbocycles. The lowest BCUT2D eigenvalue weighted by atomic mass is 10.1. The van der Waals surface area contributed by atoms with E-state index in [2.05, 4.69) is 16.8 Å². The van der Waals surface area contributed by atoms with Gasteiger partial charge in [-0.3, -0.25) is 0 Å². The van der Waals surface area contributed by atoms with Crippen molar-refractivity contribution < 1.29 is 14.3 Å². The second kappa shape index (κ2) is 5.11. The highest BCUT2D eigenvalue weighted by molar-refractivity contribution is 5.87. The molecule has 0 atom stereocenters. The summed E-state index contributed by atoms with van der Waals surface area (Å²) in [6.45, 7) is 0. The van der Waals surface area contributed by atoms with Crippen molar-refractivity contribution in [3.05, 3.63) is 65.2 Å². The van der Waals surface area contributed by atoms with Crippen LogP contribution in [0.3, 0.4) is 0 Å². The van der Waals surface area contributed by atoms with E-state index < -0.39 is 11.8 Å².